The molecule has 1 aromatic rings. The molecular formula is C15H19NO5. The molecule has 6 heteroatoms. The molecule has 1 atom stereocenters. The van der Waals surface area contributed by atoms with Gasteiger partial charge in [-0.1, -0.05) is 30.3 Å². The molecule has 114 valence electrons. The standard InChI is InChI=1S/C15H19NO5/c1-3-20-15(19)9-14(18)16-10-13(21-11(2)17)12-7-5-4-6-8-12/h4-8,13H,3,9-10H2,1-2H3,(H,16,18)/t13-/m1/s1. The molecule has 1 N–H and O–H groups in total. The summed E-state index contributed by atoms with van der Waals surface area (Å²) in [7, 11) is 0. The van der Waals surface area contributed by atoms with Gasteiger partial charge in [-0.25, -0.2) is 0 Å². The van der Waals surface area contributed by atoms with Gasteiger partial charge in [-0.3, -0.25) is 14.4 Å². The highest BCUT2D eigenvalue weighted by Gasteiger charge is 2.17. The molecule has 0 heterocycles. The second-order valence-electron chi connectivity index (χ2n) is 4.29. The molecule has 21 heavy (non-hydrogen) atoms. The highest BCUT2D eigenvalue weighted by Crippen LogP contribution is 2.16. The Labute approximate surface area is 123 Å². The van der Waals surface area contributed by atoms with Gasteiger partial charge in [-0.05, 0) is 12.5 Å². The molecule has 0 aliphatic heterocycles. The molecule has 0 aliphatic carbocycles. The fourth-order valence-electron chi connectivity index (χ4n) is 1.71. The summed E-state index contributed by atoms with van der Waals surface area (Å²) in [5.74, 6) is -1.50. The van der Waals surface area contributed by atoms with E-state index in [1.54, 1.807) is 19.1 Å². The van der Waals surface area contributed by atoms with Crippen LogP contribution in [0.4, 0.5) is 0 Å². The first-order chi connectivity index (χ1) is 10.0. The van der Waals surface area contributed by atoms with Crippen molar-refractivity contribution in [3.63, 3.8) is 0 Å². The Balaban J connectivity index is 2.56. The Bertz CT molecular complexity index is 486. The van der Waals surface area contributed by atoms with Crippen LogP contribution in [-0.4, -0.2) is 31.0 Å². The van der Waals surface area contributed by atoms with Gasteiger partial charge >= 0.3 is 11.9 Å². The van der Waals surface area contributed by atoms with Crippen LogP contribution in [0.3, 0.4) is 0 Å². The highest BCUT2D eigenvalue weighted by atomic mass is 16.5. The second kappa shape index (κ2) is 8.73. The number of nitrogens with one attached hydrogen (secondary N) is 1. The Morgan fingerprint density at radius 3 is 2.43 bits per heavy atom. The van der Waals surface area contributed by atoms with Gasteiger partial charge in [0.2, 0.25) is 5.91 Å². The second-order valence-corrected chi connectivity index (χ2v) is 4.29. The lowest BCUT2D eigenvalue weighted by atomic mass is 10.1. The van der Waals surface area contributed by atoms with Crippen LogP contribution in [0.15, 0.2) is 30.3 Å². The zero-order valence-electron chi connectivity index (χ0n) is 12.1. The number of hydrogen-bond acceptors (Lipinski definition) is 5. The third kappa shape index (κ3) is 6.56. The number of carbonyl (C=O) groups is 3. The Morgan fingerprint density at radius 2 is 1.86 bits per heavy atom. The minimum atomic E-state index is -0.588. The van der Waals surface area contributed by atoms with Gasteiger partial charge in [0.25, 0.3) is 0 Å². The Hall–Kier alpha value is -2.37. The maximum absolute atomic E-state index is 11.6. The number of esters is 2. The predicted octanol–water partition coefficient (Wildman–Crippen LogP) is 1.36. The largest absolute Gasteiger partial charge is 0.466 e. The topological polar surface area (TPSA) is 81.7 Å². The van der Waals surface area contributed by atoms with Gasteiger partial charge in [0.15, 0.2) is 0 Å². The normalized spacial score (nSPS) is 11.3. The zero-order chi connectivity index (χ0) is 15.7. The molecule has 0 spiro atoms. The minimum absolute atomic E-state index is 0.0990. The van der Waals surface area contributed by atoms with Crippen molar-refractivity contribution in [3.8, 4) is 0 Å². The fraction of sp³-hybridized carbons (Fsp3) is 0.400. The van der Waals surface area contributed by atoms with Crippen LogP contribution in [0.1, 0.15) is 31.9 Å². The first kappa shape index (κ1) is 16.7. The summed E-state index contributed by atoms with van der Waals surface area (Å²) in [5, 5.41) is 2.56. The monoisotopic (exact) mass is 293 g/mol. The molecule has 0 saturated heterocycles. The summed E-state index contributed by atoms with van der Waals surface area (Å²) < 4.78 is 9.85. The van der Waals surface area contributed by atoms with Crippen molar-refractivity contribution in [3.05, 3.63) is 35.9 Å². The lowest BCUT2D eigenvalue weighted by molar-refractivity contribution is -0.149. The van der Waals surface area contributed by atoms with E-state index in [1.807, 2.05) is 18.2 Å². The van der Waals surface area contributed by atoms with Crippen LogP contribution in [-0.2, 0) is 23.9 Å². The molecule has 0 radical (unpaired) electrons. The van der Waals surface area contributed by atoms with Crippen molar-refractivity contribution < 1.29 is 23.9 Å². The van der Waals surface area contributed by atoms with Crippen LogP contribution in [0.5, 0.6) is 0 Å². The van der Waals surface area contributed by atoms with Gasteiger partial charge in [0.1, 0.15) is 12.5 Å². The van der Waals surface area contributed by atoms with Crippen LogP contribution in [0.2, 0.25) is 0 Å². The third-order valence-electron chi connectivity index (χ3n) is 2.57. The van der Waals surface area contributed by atoms with Crippen LogP contribution >= 0.6 is 0 Å². The van der Waals surface area contributed by atoms with Gasteiger partial charge in [-0.2, -0.15) is 0 Å². The van der Waals surface area contributed by atoms with Gasteiger partial charge < -0.3 is 14.8 Å². The van der Waals surface area contributed by atoms with E-state index in [0.29, 0.717) is 0 Å². The molecule has 0 bridgehead atoms. The number of amides is 1. The summed E-state index contributed by atoms with van der Waals surface area (Å²) in [4.78, 5) is 33.9. The van der Waals surface area contributed by atoms with E-state index < -0.39 is 23.9 Å². The van der Waals surface area contributed by atoms with Crippen molar-refractivity contribution in [1.82, 2.24) is 5.32 Å². The number of hydrogen-bond donors (Lipinski definition) is 1. The molecule has 1 aromatic carbocycles. The smallest absolute Gasteiger partial charge is 0.315 e. The molecule has 0 unspecified atom stereocenters. The maximum Gasteiger partial charge on any atom is 0.315 e. The summed E-state index contributed by atoms with van der Waals surface area (Å²) >= 11 is 0. The zero-order valence-corrected chi connectivity index (χ0v) is 12.1. The molecule has 0 aromatic heterocycles. The lowest BCUT2D eigenvalue weighted by Gasteiger charge is -2.18. The van der Waals surface area contributed by atoms with Crippen molar-refractivity contribution >= 4 is 17.8 Å². The number of ether oxygens (including phenoxy) is 2. The molecule has 0 aliphatic rings. The summed E-state index contributed by atoms with van der Waals surface area (Å²) in [6.07, 6.45) is -0.940. The summed E-state index contributed by atoms with van der Waals surface area (Å²) in [5.41, 5.74) is 0.768. The molecule has 0 fully saturated rings. The fourth-order valence-corrected chi connectivity index (χ4v) is 1.71. The van der Waals surface area contributed by atoms with E-state index in [-0.39, 0.29) is 19.6 Å². The summed E-state index contributed by atoms with van der Waals surface area (Å²) in [6.45, 7) is 3.30. The van der Waals surface area contributed by atoms with E-state index in [2.05, 4.69) is 10.1 Å². The number of benzene rings is 1. The Morgan fingerprint density at radius 1 is 1.19 bits per heavy atom. The van der Waals surface area contributed by atoms with Crippen molar-refractivity contribution in [2.24, 2.45) is 0 Å². The van der Waals surface area contributed by atoms with Gasteiger partial charge in [0, 0.05) is 6.92 Å². The molecule has 0 saturated carbocycles. The van der Waals surface area contributed by atoms with E-state index in [0.717, 1.165) is 5.56 Å². The van der Waals surface area contributed by atoms with Crippen molar-refractivity contribution in [2.45, 2.75) is 26.4 Å². The van der Waals surface area contributed by atoms with Crippen molar-refractivity contribution in [2.75, 3.05) is 13.2 Å². The number of carbonyl (C=O) groups excluding carboxylic acids is 3. The maximum atomic E-state index is 11.6. The number of rotatable bonds is 7. The highest BCUT2D eigenvalue weighted by molar-refractivity contribution is 5.94. The minimum Gasteiger partial charge on any atom is -0.466 e. The molecule has 6 nitrogen and oxygen atoms in total. The van der Waals surface area contributed by atoms with E-state index in [1.165, 1.54) is 6.92 Å². The molecular weight excluding hydrogens is 274 g/mol. The summed E-state index contributed by atoms with van der Waals surface area (Å²) in [6, 6.07) is 9.06. The van der Waals surface area contributed by atoms with Gasteiger partial charge in [0.05, 0.1) is 13.2 Å². The van der Waals surface area contributed by atoms with E-state index in [4.69, 9.17) is 4.74 Å². The first-order valence-electron chi connectivity index (χ1n) is 6.67. The van der Waals surface area contributed by atoms with Gasteiger partial charge in [-0.15, -0.1) is 0 Å². The lowest BCUT2D eigenvalue weighted by Crippen LogP contribution is -2.31. The molecule has 1 rings (SSSR count). The van der Waals surface area contributed by atoms with E-state index >= 15 is 0 Å². The molecule has 1 amide bonds. The average Bonchev–Trinajstić information content (AvgIpc) is 2.44. The van der Waals surface area contributed by atoms with Crippen molar-refractivity contribution in [1.29, 1.82) is 0 Å². The quantitative estimate of drug-likeness (QED) is 0.606. The Kier molecular flexibility index (Phi) is 6.94. The average molecular weight is 293 g/mol. The third-order valence-corrected chi connectivity index (χ3v) is 2.57. The van der Waals surface area contributed by atoms with Crippen LogP contribution in [0, 0.1) is 0 Å². The van der Waals surface area contributed by atoms with Crippen LogP contribution < -0.4 is 5.32 Å². The predicted molar refractivity (Wildman–Crippen MR) is 75.2 cm³/mol. The van der Waals surface area contributed by atoms with Crippen LogP contribution in [0.25, 0.3) is 0 Å². The first-order valence-corrected chi connectivity index (χ1v) is 6.67. The SMILES string of the molecule is CCOC(=O)CC(=O)NC[C@@H](OC(C)=O)c1ccccc1. The van der Waals surface area contributed by atoms with E-state index in [9.17, 15) is 14.4 Å².